The van der Waals surface area contributed by atoms with Crippen LogP contribution in [0, 0.1) is 0 Å². The van der Waals surface area contributed by atoms with Crippen LogP contribution in [0.2, 0.25) is 0 Å². The Kier molecular flexibility index (Phi) is 3.33. The Balaban J connectivity index is 0.000000195. The molecule has 0 radical (unpaired) electrons. The van der Waals surface area contributed by atoms with Crippen LogP contribution in [-0.2, 0) is 14.9 Å². The minimum Gasteiger partial charge on any atom is -0.290 e. The van der Waals surface area contributed by atoms with Crippen LogP contribution in [0.3, 0.4) is 0 Å². The summed E-state index contributed by atoms with van der Waals surface area (Å²) in [5, 5.41) is 0. The molecule has 0 spiro atoms. The molecule has 0 amide bonds. The van der Waals surface area contributed by atoms with Crippen molar-refractivity contribution in [1.29, 1.82) is 0 Å². The van der Waals surface area contributed by atoms with Crippen LogP contribution in [0.4, 0.5) is 0 Å². The van der Waals surface area contributed by atoms with Crippen LogP contribution in [0.25, 0.3) is 0 Å². The summed E-state index contributed by atoms with van der Waals surface area (Å²) in [6.07, 6.45) is 9.16. The van der Waals surface area contributed by atoms with Gasteiger partial charge in [-0.3, -0.25) is 14.3 Å². The normalized spacial score (nSPS) is 17.6. The Morgan fingerprint density at radius 1 is 1.33 bits per heavy atom. The molecule has 0 aromatic rings. The third kappa shape index (κ3) is 4.48. The zero-order valence-corrected chi connectivity index (χ0v) is 8.73. The minimum absolute atomic E-state index is 0.0196. The largest absolute Gasteiger partial charge is 0.290 e. The van der Waals surface area contributed by atoms with Gasteiger partial charge in [-0.05, 0) is 18.2 Å². The molecule has 5 nitrogen and oxygen atoms in total. The van der Waals surface area contributed by atoms with E-state index in [-0.39, 0.29) is 5.78 Å². The molecule has 1 aliphatic carbocycles. The molecule has 2 rings (SSSR count). The first kappa shape index (κ1) is 11.5. The lowest BCUT2D eigenvalue weighted by Crippen LogP contribution is -1.94. The summed E-state index contributed by atoms with van der Waals surface area (Å²) >= 11 is 0. The molecule has 0 aromatic heterocycles. The van der Waals surface area contributed by atoms with Gasteiger partial charge in [-0.1, -0.05) is 0 Å². The molecule has 0 unspecified atom stereocenters. The maximum absolute atomic E-state index is 10.7. The minimum atomic E-state index is -3.67. The van der Waals surface area contributed by atoms with Gasteiger partial charge in [-0.25, -0.2) is 0 Å². The van der Waals surface area contributed by atoms with Gasteiger partial charge in [-0.2, -0.15) is 8.42 Å². The van der Waals surface area contributed by atoms with Gasteiger partial charge >= 0.3 is 0 Å². The second-order valence-corrected chi connectivity index (χ2v) is 4.36. The summed E-state index contributed by atoms with van der Waals surface area (Å²) in [7, 11) is -3.67. The molecule has 15 heavy (non-hydrogen) atoms. The van der Waals surface area contributed by atoms with Crippen molar-refractivity contribution in [2.45, 2.75) is 0 Å². The summed E-state index contributed by atoms with van der Waals surface area (Å²) in [5.74, 6) is 0.0196. The Labute approximate surface area is 87.3 Å². The molecule has 0 bridgehead atoms. The first-order chi connectivity index (χ1) is 6.86. The lowest BCUT2D eigenvalue weighted by atomic mass is 10.1. The quantitative estimate of drug-likeness (QED) is 0.611. The smallest absolute Gasteiger partial charge is 0.261 e. The van der Waals surface area contributed by atoms with E-state index in [1.807, 2.05) is 6.08 Å². The number of hydrogen-bond donors (Lipinski definition) is 1. The summed E-state index contributed by atoms with van der Waals surface area (Å²) in [4.78, 5) is 14.7. The third-order valence-corrected chi connectivity index (χ3v) is 1.47. The average Bonchev–Trinajstić information content (AvgIpc) is 2.47. The molecule has 1 N–H and O–H groups in total. The Morgan fingerprint density at radius 2 is 1.93 bits per heavy atom. The molecule has 0 aromatic carbocycles. The van der Waals surface area contributed by atoms with Gasteiger partial charge in [0.15, 0.2) is 5.78 Å². The number of aliphatic imine (C=N–C) groups is 1. The van der Waals surface area contributed by atoms with Crippen LogP contribution < -0.4 is 0 Å². The molecule has 2 aliphatic rings. The van der Waals surface area contributed by atoms with E-state index in [0.29, 0.717) is 6.26 Å². The number of carbonyl (C=O) groups is 1. The number of fused-ring (bicyclic) bond motifs is 1. The van der Waals surface area contributed by atoms with E-state index in [2.05, 4.69) is 4.99 Å². The van der Waals surface area contributed by atoms with E-state index in [1.165, 1.54) is 6.08 Å². The lowest BCUT2D eigenvalue weighted by Gasteiger charge is -1.99. The number of hydrogen-bond acceptors (Lipinski definition) is 4. The molecule has 6 heteroatoms. The first-order valence-corrected chi connectivity index (χ1v) is 5.82. The molecule has 80 valence electrons. The van der Waals surface area contributed by atoms with Crippen molar-refractivity contribution in [2.24, 2.45) is 4.99 Å². The summed E-state index contributed by atoms with van der Waals surface area (Å²) in [6.45, 7) is 0. The van der Waals surface area contributed by atoms with Gasteiger partial charge in [0.1, 0.15) is 0 Å². The molecule has 0 saturated heterocycles. The molecule has 0 saturated carbocycles. The van der Waals surface area contributed by atoms with Crippen LogP contribution in [0.5, 0.6) is 0 Å². The highest BCUT2D eigenvalue weighted by Gasteiger charge is 2.10. The maximum atomic E-state index is 10.7. The standard InChI is InChI=1S/C8H5NO.CH4O3S/c10-7-2-1-6-3-4-9-8(6)5-7;1-5(2,3)4/h1-5H;1H3,(H,2,3,4). The third-order valence-electron chi connectivity index (χ3n) is 1.47. The van der Waals surface area contributed by atoms with Gasteiger partial charge in [-0.15, -0.1) is 0 Å². The lowest BCUT2D eigenvalue weighted by molar-refractivity contribution is -0.110. The Bertz CT molecular complexity index is 486. The van der Waals surface area contributed by atoms with E-state index >= 15 is 0 Å². The van der Waals surface area contributed by atoms with Crippen LogP contribution in [-0.4, -0.2) is 31.2 Å². The van der Waals surface area contributed by atoms with E-state index in [9.17, 15) is 13.2 Å². The topological polar surface area (TPSA) is 83.8 Å². The van der Waals surface area contributed by atoms with Crippen molar-refractivity contribution >= 4 is 22.1 Å². The summed E-state index contributed by atoms with van der Waals surface area (Å²) in [6, 6.07) is 0. The molecule has 1 heterocycles. The van der Waals surface area contributed by atoms with Crippen molar-refractivity contribution in [3.8, 4) is 0 Å². The van der Waals surface area contributed by atoms with E-state index in [1.54, 1.807) is 18.4 Å². The predicted octanol–water partition coefficient (Wildman–Crippen LogP) is 0.524. The first-order valence-electron chi connectivity index (χ1n) is 3.97. The molecule has 0 atom stereocenters. The molecule has 1 aliphatic heterocycles. The van der Waals surface area contributed by atoms with E-state index in [4.69, 9.17) is 4.55 Å². The van der Waals surface area contributed by atoms with Gasteiger partial charge in [0.25, 0.3) is 10.1 Å². The van der Waals surface area contributed by atoms with Crippen molar-refractivity contribution in [1.82, 2.24) is 0 Å². The van der Waals surface area contributed by atoms with Crippen LogP contribution in [0.15, 0.2) is 40.6 Å². The van der Waals surface area contributed by atoms with E-state index < -0.39 is 10.1 Å². The molecular weight excluding hydrogens is 218 g/mol. The van der Waals surface area contributed by atoms with Gasteiger partial charge < -0.3 is 0 Å². The second kappa shape index (κ2) is 4.33. The fraction of sp³-hybridized carbons (Fsp3) is 0.111. The highest BCUT2D eigenvalue weighted by molar-refractivity contribution is 7.85. The fourth-order valence-corrected chi connectivity index (χ4v) is 0.974. The number of ketones is 1. The van der Waals surface area contributed by atoms with E-state index in [0.717, 1.165) is 11.3 Å². The molecule has 0 fully saturated rings. The number of carbonyl (C=O) groups excluding carboxylic acids is 1. The zero-order chi connectivity index (χ0) is 11.5. The maximum Gasteiger partial charge on any atom is 0.261 e. The van der Waals surface area contributed by atoms with Crippen LogP contribution in [0.1, 0.15) is 0 Å². The summed E-state index contributed by atoms with van der Waals surface area (Å²) in [5.41, 5.74) is 1.81. The number of rotatable bonds is 0. The zero-order valence-electron chi connectivity index (χ0n) is 7.91. The van der Waals surface area contributed by atoms with Crippen LogP contribution >= 0.6 is 0 Å². The fourth-order valence-electron chi connectivity index (χ4n) is 0.974. The monoisotopic (exact) mass is 227 g/mol. The average molecular weight is 227 g/mol. The van der Waals surface area contributed by atoms with Crippen molar-refractivity contribution in [3.05, 3.63) is 35.6 Å². The van der Waals surface area contributed by atoms with Crippen molar-refractivity contribution in [3.63, 3.8) is 0 Å². The van der Waals surface area contributed by atoms with Gasteiger partial charge in [0.05, 0.1) is 12.0 Å². The van der Waals surface area contributed by atoms with Crippen molar-refractivity contribution < 1.29 is 17.8 Å². The Hall–Kier alpha value is -1.53. The second-order valence-electron chi connectivity index (χ2n) is 2.90. The SMILES string of the molecule is CS(=O)(=O)O.O=C1C=CC2=CC=NC2=C1. The summed E-state index contributed by atoms with van der Waals surface area (Å²) < 4.78 is 25.9. The molecular formula is C9H9NO4S. The van der Waals surface area contributed by atoms with Crippen molar-refractivity contribution in [2.75, 3.05) is 6.26 Å². The number of allylic oxidation sites excluding steroid dienone is 4. The highest BCUT2D eigenvalue weighted by atomic mass is 32.2. The highest BCUT2D eigenvalue weighted by Crippen LogP contribution is 2.20. The predicted molar refractivity (Wildman–Crippen MR) is 56.3 cm³/mol. The van der Waals surface area contributed by atoms with Gasteiger partial charge in [0.2, 0.25) is 0 Å². The Morgan fingerprint density at radius 3 is 2.53 bits per heavy atom. The number of nitrogens with zero attached hydrogens (tertiary/aromatic N) is 1. The van der Waals surface area contributed by atoms with Gasteiger partial charge in [0, 0.05) is 17.9 Å².